The van der Waals surface area contributed by atoms with Gasteiger partial charge in [0.1, 0.15) is 0 Å². The number of pyridine rings is 1. The van der Waals surface area contributed by atoms with Gasteiger partial charge in [-0.1, -0.05) is 182 Å². The summed E-state index contributed by atoms with van der Waals surface area (Å²) in [7, 11) is 0. The van der Waals surface area contributed by atoms with Crippen molar-refractivity contribution in [2.75, 3.05) is 0 Å². The normalized spacial score (nSPS) is 11.2. The molecule has 2 aromatic heterocycles. The van der Waals surface area contributed by atoms with Gasteiger partial charge in [0.15, 0.2) is 5.82 Å². The highest BCUT2D eigenvalue weighted by Crippen LogP contribution is 2.42. The summed E-state index contributed by atoms with van der Waals surface area (Å²) in [5.74, 6) is 0.668. The fourth-order valence-electron chi connectivity index (χ4n) is 7.70. The SMILES string of the molecule is c1ccc(-c2cccc(-c3cc(-c4ccccc4)nc(-c4cccc(-c5cc6ccccc6c6c(-c7ccccc7)cc(-c7ccccc7)nc56)c4)n3)c2)cc1. The van der Waals surface area contributed by atoms with E-state index < -0.39 is 0 Å². The highest BCUT2D eigenvalue weighted by molar-refractivity contribution is 6.18. The van der Waals surface area contributed by atoms with Crippen molar-refractivity contribution in [3.05, 3.63) is 212 Å². The van der Waals surface area contributed by atoms with E-state index in [2.05, 4.69) is 194 Å². The van der Waals surface area contributed by atoms with E-state index in [1.165, 1.54) is 10.9 Å². The van der Waals surface area contributed by atoms with E-state index in [1.807, 2.05) is 18.2 Å². The van der Waals surface area contributed by atoms with Crippen LogP contribution in [-0.2, 0) is 0 Å². The molecule has 3 heteroatoms. The van der Waals surface area contributed by atoms with Crippen molar-refractivity contribution in [1.82, 2.24) is 15.0 Å². The first-order valence-electron chi connectivity index (χ1n) is 18.9. The molecule has 0 atom stereocenters. The number of hydrogen-bond acceptors (Lipinski definition) is 3. The van der Waals surface area contributed by atoms with Gasteiger partial charge in [-0.2, -0.15) is 0 Å². The molecule has 0 unspecified atom stereocenters. The largest absolute Gasteiger partial charge is 0.247 e. The van der Waals surface area contributed by atoms with Gasteiger partial charge in [-0.25, -0.2) is 15.0 Å². The van der Waals surface area contributed by atoms with Gasteiger partial charge in [0.25, 0.3) is 0 Å². The van der Waals surface area contributed by atoms with E-state index in [-0.39, 0.29) is 0 Å². The molecule has 10 aromatic rings. The third kappa shape index (κ3) is 6.31. The second-order valence-corrected chi connectivity index (χ2v) is 14.0. The lowest BCUT2D eigenvalue weighted by Gasteiger charge is -2.17. The third-order valence-corrected chi connectivity index (χ3v) is 10.5. The van der Waals surface area contributed by atoms with Crippen LogP contribution in [0.15, 0.2) is 212 Å². The van der Waals surface area contributed by atoms with Gasteiger partial charge < -0.3 is 0 Å². The van der Waals surface area contributed by atoms with E-state index in [4.69, 9.17) is 15.0 Å². The van der Waals surface area contributed by atoms with Crippen LogP contribution in [0.5, 0.6) is 0 Å². The van der Waals surface area contributed by atoms with Crippen LogP contribution in [0.4, 0.5) is 0 Å². The first-order chi connectivity index (χ1) is 27.7. The van der Waals surface area contributed by atoms with Gasteiger partial charge in [0.2, 0.25) is 0 Å². The highest BCUT2D eigenvalue weighted by Gasteiger charge is 2.18. The van der Waals surface area contributed by atoms with Crippen molar-refractivity contribution in [3.8, 4) is 78.5 Å². The second-order valence-electron chi connectivity index (χ2n) is 14.0. The first kappa shape index (κ1) is 33.1. The fraction of sp³-hybridized carbons (Fsp3) is 0. The lowest BCUT2D eigenvalue weighted by Crippen LogP contribution is -1.97. The molecule has 0 N–H and O–H groups in total. The molecule has 0 spiro atoms. The van der Waals surface area contributed by atoms with Crippen LogP contribution in [0, 0.1) is 0 Å². The molecular formula is C53H35N3. The number of aromatic nitrogens is 3. The van der Waals surface area contributed by atoms with E-state index in [0.29, 0.717) is 5.82 Å². The quantitative estimate of drug-likeness (QED) is 0.154. The predicted octanol–water partition coefficient (Wildman–Crippen LogP) is 13.8. The van der Waals surface area contributed by atoms with Crippen molar-refractivity contribution in [1.29, 1.82) is 0 Å². The van der Waals surface area contributed by atoms with Crippen LogP contribution in [-0.4, -0.2) is 15.0 Å². The number of rotatable bonds is 7. The topological polar surface area (TPSA) is 38.7 Å². The van der Waals surface area contributed by atoms with Crippen LogP contribution >= 0.6 is 0 Å². The summed E-state index contributed by atoms with van der Waals surface area (Å²) in [5.41, 5.74) is 14.5. The summed E-state index contributed by atoms with van der Waals surface area (Å²) in [6, 6.07) is 74.5. The van der Waals surface area contributed by atoms with E-state index in [1.54, 1.807) is 0 Å². The minimum absolute atomic E-state index is 0.668. The molecule has 10 rings (SSSR count). The Morgan fingerprint density at radius 3 is 1.43 bits per heavy atom. The van der Waals surface area contributed by atoms with Crippen molar-refractivity contribution >= 4 is 21.7 Å². The summed E-state index contributed by atoms with van der Waals surface area (Å²) in [4.78, 5) is 15.9. The van der Waals surface area contributed by atoms with Crippen LogP contribution in [0.1, 0.15) is 0 Å². The molecule has 3 nitrogen and oxygen atoms in total. The monoisotopic (exact) mass is 713 g/mol. The number of fused-ring (bicyclic) bond motifs is 3. The maximum absolute atomic E-state index is 5.47. The van der Waals surface area contributed by atoms with E-state index in [9.17, 15) is 0 Å². The third-order valence-electron chi connectivity index (χ3n) is 10.5. The summed E-state index contributed by atoms with van der Waals surface area (Å²) in [6.45, 7) is 0. The number of hydrogen-bond donors (Lipinski definition) is 0. The molecule has 0 fully saturated rings. The maximum atomic E-state index is 5.47. The van der Waals surface area contributed by atoms with Gasteiger partial charge in [0.05, 0.1) is 22.6 Å². The Morgan fingerprint density at radius 2 is 0.750 bits per heavy atom. The zero-order chi connectivity index (χ0) is 37.3. The Morgan fingerprint density at radius 1 is 0.268 bits per heavy atom. The van der Waals surface area contributed by atoms with Gasteiger partial charge >= 0.3 is 0 Å². The van der Waals surface area contributed by atoms with Crippen LogP contribution in [0.2, 0.25) is 0 Å². The molecule has 0 aliphatic rings. The zero-order valence-corrected chi connectivity index (χ0v) is 30.5. The zero-order valence-electron chi connectivity index (χ0n) is 30.5. The van der Waals surface area contributed by atoms with Crippen molar-refractivity contribution in [2.24, 2.45) is 0 Å². The molecule has 0 saturated heterocycles. The molecule has 0 amide bonds. The fourth-order valence-corrected chi connectivity index (χ4v) is 7.70. The van der Waals surface area contributed by atoms with Crippen LogP contribution in [0.25, 0.3) is 100 Å². The smallest absolute Gasteiger partial charge is 0.160 e. The Balaban J connectivity index is 1.19. The molecule has 2 heterocycles. The summed E-state index contributed by atoms with van der Waals surface area (Å²) >= 11 is 0. The number of nitrogens with zero attached hydrogens (tertiary/aromatic N) is 3. The standard InChI is InChI=1S/C53H35N3/c1-5-17-36(18-6-1)40-26-15-28-43(31-40)50-35-49(39-23-11-4-12-24-39)55-53(56-50)44-29-16-27-41(32-44)47-33-42-25-13-14-30-45(42)51-46(37-19-7-2-8-20-37)34-48(54-52(47)51)38-21-9-3-10-22-38/h1-35H. The van der Waals surface area contributed by atoms with Crippen molar-refractivity contribution < 1.29 is 0 Å². The van der Waals surface area contributed by atoms with E-state index in [0.717, 1.165) is 83.4 Å². The molecule has 262 valence electrons. The van der Waals surface area contributed by atoms with Gasteiger partial charge in [-0.3, -0.25) is 0 Å². The summed E-state index contributed by atoms with van der Waals surface area (Å²) in [5, 5.41) is 3.47. The molecule has 0 saturated carbocycles. The second kappa shape index (κ2) is 14.4. The Bertz CT molecular complexity index is 3000. The molecule has 0 bridgehead atoms. The first-order valence-corrected chi connectivity index (χ1v) is 18.9. The van der Waals surface area contributed by atoms with Crippen molar-refractivity contribution in [3.63, 3.8) is 0 Å². The molecule has 0 aliphatic carbocycles. The summed E-state index contributed by atoms with van der Waals surface area (Å²) < 4.78 is 0. The number of benzene rings is 8. The summed E-state index contributed by atoms with van der Waals surface area (Å²) in [6.07, 6.45) is 0. The van der Waals surface area contributed by atoms with Crippen molar-refractivity contribution in [2.45, 2.75) is 0 Å². The van der Waals surface area contributed by atoms with Gasteiger partial charge in [-0.05, 0) is 68.9 Å². The minimum Gasteiger partial charge on any atom is -0.247 e. The van der Waals surface area contributed by atoms with Crippen LogP contribution in [0.3, 0.4) is 0 Å². The lowest BCUT2D eigenvalue weighted by atomic mass is 9.90. The molecular weight excluding hydrogens is 679 g/mol. The maximum Gasteiger partial charge on any atom is 0.160 e. The molecule has 0 radical (unpaired) electrons. The lowest BCUT2D eigenvalue weighted by molar-refractivity contribution is 1.18. The Labute approximate surface area is 326 Å². The highest BCUT2D eigenvalue weighted by atomic mass is 14.9. The minimum atomic E-state index is 0.668. The Kier molecular flexibility index (Phi) is 8.51. The van der Waals surface area contributed by atoms with Gasteiger partial charge in [0, 0.05) is 33.2 Å². The molecule has 0 aliphatic heterocycles. The van der Waals surface area contributed by atoms with E-state index >= 15 is 0 Å². The molecule has 56 heavy (non-hydrogen) atoms. The average Bonchev–Trinajstić information content (AvgIpc) is 3.29. The predicted molar refractivity (Wildman–Crippen MR) is 233 cm³/mol. The van der Waals surface area contributed by atoms with Gasteiger partial charge in [-0.15, -0.1) is 0 Å². The molecule has 8 aromatic carbocycles. The Hall–Kier alpha value is -7.49. The average molecular weight is 714 g/mol. The van der Waals surface area contributed by atoms with Crippen LogP contribution < -0.4 is 0 Å².